The topological polar surface area (TPSA) is 52.8 Å². The van der Waals surface area contributed by atoms with E-state index in [-0.39, 0.29) is 0 Å². The molecule has 0 unspecified atom stereocenters. The smallest absolute Gasteiger partial charge is 0.128 e. The van der Waals surface area contributed by atoms with Crippen LogP contribution in [0.25, 0.3) is 11.3 Å². The average Bonchev–Trinajstić information content (AvgIpc) is 3.09. The molecule has 21 heavy (non-hydrogen) atoms. The number of aryl methyl sites for hydroxylation is 2. The molecule has 0 fully saturated rings. The van der Waals surface area contributed by atoms with E-state index in [9.17, 15) is 0 Å². The lowest BCUT2D eigenvalue weighted by Crippen LogP contribution is -2.02. The number of aromatic nitrogens is 4. The van der Waals surface area contributed by atoms with Crippen molar-refractivity contribution in [2.24, 2.45) is 0 Å². The molecule has 0 aliphatic heterocycles. The van der Waals surface area contributed by atoms with Crippen LogP contribution < -0.4 is 4.74 Å². The van der Waals surface area contributed by atoms with E-state index >= 15 is 0 Å². The lowest BCUT2D eigenvalue weighted by Gasteiger charge is -2.04. The first-order chi connectivity index (χ1) is 10.2. The third-order valence-corrected chi connectivity index (χ3v) is 4.31. The van der Waals surface area contributed by atoms with E-state index in [0.717, 1.165) is 22.7 Å². The minimum Gasteiger partial charge on any atom is -0.496 e. The molecule has 0 saturated heterocycles. The Bertz CT molecular complexity index is 743. The zero-order valence-electron chi connectivity index (χ0n) is 12.2. The van der Waals surface area contributed by atoms with Crippen LogP contribution in [-0.4, -0.2) is 26.5 Å². The summed E-state index contributed by atoms with van der Waals surface area (Å²) in [5.41, 5.74) is 4.04. The van der Waals surface area contributed by atoms with Gasteiger partial charge in [0.15, 0.2) is 0 Å². The molecule has 0 N–H and O–H groups in total. The summed E-state index contributed by atoms with van der Waals surface area (Å²) < 4.78 is 11.6. The van der Waals surface area contributed by atoms with Crippen LogP contribution in [0.2, 0.25) is 0 Å². The van der Waals surface area contributed by atoms with E-state index in [2.05, 4.69) is 21.6 Å². The Morgan fingerprint density at radius 3 is 2.76 bits per heavy atom. The molecule has 0 saturated carbocycles. The van der Waals surface area contributed by atoms with Crippen molar-refractivity contribution < 1.29 is 4.74 Å². The van der Waals surface area contributed by atoms with Crippen LogP contribution in [0.4, 0.5) is 0 Å². The number of ether oxygens (including phenoxy) is 1. The molecule has 0 bridgehead atoms. The molecule has 0 spiro atoms. The summed E-state index contributed by atoms with van der Waals surface area (Å²) in [7, 11) is 1.66. The Labute approximate surface area is 127 Å². The molecular formula is C15H16N4OS. The van der Waals surface area contributed by atoms with Gasteiger partial charge < -0.3 is 4.74 Å². The molecule has 2 aromatic heterocycles. The average molecular weight is 300 g/mol. The molecule has 0 aliphatic rings. The van der Waals surface area contributed by atoms with E-state index in [0.29, 0.717) is 6.54 Å². The zero-order valence-corrected chi connectivity index (χ0v) is 13.0. The zero-order chi connectivity index (χ0) is 14.8. The molecule has 1 aromatic carbocycles. The number of rotatable bonds is 4. The minimum atomic E-state index is 0.691. The lowest BCUT2D eigenvalue weighted by atomic mass is 10.1. The number of hydrogen-bond donors (Lipinski definition) is 0. The molecule has 0 atom stereocenters. The molecule has 0 aliphatic carbocycles. The predicted molar refractivity (Wildman–Crippen MR) is 82.7 cm³/mol. The van der Waals surface area contributed by atoms with Gasteiger partial charge in [0.05, 0.1) is 25.5 Å². The Morgan fingerprint density at radius 1 is 1.24 bits per heavy atom. The quantitative estimate of drug-likeness (QED) is 0.743. The molecule has 3 rings (SSSR count). The fourth-order valence-corrected chi connectivity index (χ4v) is 2.95. The van der Waals surface area contributed by atoms with Gasteiger partial charge in [-0.25, -0.2) is 4.68 Å². The summed E-state index contributed by atoms with van der Waals surface area (Å²) in [6.07, 6.45) is 1.94. The number of benzene rings is 1. The van der Waals surface area contributed by atoms with Crippen molar-refractivity contribution in [3.63, 3.8) is 0 Å². The lowest BCUT2D eigenvalue weighted by molar-refractivity contribution is 0.416. The largest absolute Gasteiger partial charge is 0.496 e. The van der Waals surface area contributed by atoms with E-state index in [1.165, 1.54) is 22.0 Å². The van der Waals surface area contributed by atoms with Gasteiger partial charge in [0.25, 0.3) is 0 Å². The van der Waals surface area contributed by atoms with Crippen LogP contribution in [0.15, 0.2) is 30.5 Å². The highest BCUT2D eigenvalue weighted by molar-refractivity contribution is 7.05. The Hall–Kier alpha value is -2.21. The highest BCUT2D eigenvalue weighted by Crippen LogP contribution is 2.27. The summed E-state index contributed by atoms with van der Waals surface area (Å²) >= 11 is 1.53. The summed E-state index contributed by atoms with van der Waals surface area (Å²) in [5, 5.41) is 8.46. The van der Waals surface area contributed by atoms with Gasteiger partial charge in [0, 0.05) is 16.0 Å². The van der Waals surface area contributed by atoms with E-state index < -0.39 is 0 Å². The monoisotopic (exact) mass is 300 g/mol. The van der Waals surface area contributed by atoms with Gasteiger partial charge in [-0.05, 0) is 37.5 Å². The third-order valence-electron chi connectivity index (χ3n) is 3.42. The Morgan fingerprint density at radius 2 is 2.05 bits per heavy atom. The molecule has 6 heteroatoms. The van der Waals surface area contributed by atoms with Gasteiger partial charge in [0.2, 0.25) is 0 Å². The van der Waals surface area contributed by atoms with Gasteiger partial charge in [-0.3, -0.25) is 0 Å². The first-order valence-electron chi connectivity index (χ1n) is 6.64. The van der Waals surface area contributed by atoms with Gasteiger partial charge >= 0.3 is 0 Å². The summed E-state index contributed by atoms with van der Waals surface area (Å²) in [4.78, 5) is 1.22. The molecule has 0 radical (unpaired) electrons. The fourth-order valence-electron chi connectivity index (χ4n) is 2.24. The molecule has 2 heterocycles. The predicted octanol–water partition coefficient (Wildman–Crippen LogP) is 3.08. The number of hydrogen-bond acceptors (Lipinski definition) is 5. The number of methoxy groups -OCH3 is 1. The fraction of sp³-hybridized carbons (Fsp3) is 0.267. The Balaban J connectivity index is 1.90. The second kappa shape index (κ2) is 5.65. The second-order valence-electron chi connectivity index (χ2n) is 4.80. The van der Waals surface area contributed by atoms with E-state index in [1.54, 1.807) is 7.11 Å². The normalized spacial score (nSPS) is 10.8. The van der Waals surface area contributed by atoms with Gasteiger partial charge in [-0.2, -0.15) is 4.37 Å². The van der Waals surface area contributed by atoms with Crippen molar-refractivity contribution in [1.29, 1.82) is 0 Å². The van der Waals surface area contributed by atoms with Crippen molar-refractivity contribution in [3.05, 3.63) is 46.6 Å². The standard InChI is InChI=1S/C15H16N4OS/c1-10-13(11(2)21-17-10)8-19-9-14(16-18-19)12-6-4-5-7-15(12)20-3/h4-7,9H,8H2,1-3H3. The minimum absolute atomic E-state index is 0.691. The molecule has 5 nitrogen and oxygen atoms in total. The van der Waals surface area contributed by atoms with Crippen LogP contribution in [0, 0.1) is 13.8 Å². The maximum atomic E-state index is 5.37. The summed E-state index contributed by atoms with van der Waals surface area (Å²) in [6.45, 7) is 4.80. The van der Waals surface area contributed by atoms with Gasteiger partial charge in [0.1, 0.15) is 11.4 Å². The summed E-state index contributed by atoms with van der Waals surface area (Å²) in [6, 6.07) is 7.81. The Kier molecular flexibility index (Phi) is 3.70. The van der Waals surface area contributed by atoms with Gasteiger partial charge in [-0.1, -0.05) is 17.3 Å². The van der Waals surface area contributed by atoms with Crippen LogP contribution in [-0.2, 0) is 6.54 Å². The van der Waals surface area contributed by atoms with Gasteiger partial charge in [-0.15, -0.1) is 5.10 Å². The summed E-state index contributed by atoms with van der Waals surface area (Å²) in [5.74, 6) is 0.800. The SMILES string of the molecule is COc1ccccc1-c1cn(Cc2c(C)nsc2C)nn1. The van der Waals surface area contributed by atoms with Crippen molar-refractivity contribution in [3.8, 4) is 17.0 Å². The van der Waals surface area contributed by atoms with Crippen molar-refractivity contribution >= 4 is 11.5 Å². The maximum absolute atomic E-state index is 5.37. The number of nitrogens with zero attached hydrogens (tertiary/aromatic N) is 4. The van der Waals surface area contributed by atoms with Crippen molar-refractivity contribution in [1.82, 2.24) is 19.4 Å². The molecule has 108 valence electrons. The maximum Gasteiger partial charge on any atom is 0.128 e. The molecule has 3 aromatic rings. The number of para-hydroxylation sites is 1. The highest BCUT2D eigenvalue weighted by atomic mass is 32.1. The first-order valence-corrected chi connectivity index (χ1v) is 7.41. The highest BCUT2D eigenvalue weighted by Gasteiger charge is 2.12. The van der Waals surface area contributed by atoms with E-state index in [1.807, 2.05) is 42.1 Å². The van der Waals surface area contributed by atoms with Crippen molar-refractivity contribution in [2.45, 2.75) is 20.4 Å². The van der Waals surface area contributed by atoms with Crippen LogP contribution in [0.1, 0.15) is 16.1 Å². The van der Waals surface area contributed by atoms with Crippen LogP contribution in [0.3, 0.4) is 0 Å². The third kappa shape index (κ3) is 2.67. The van der Waals surface area contributed by atoms with Crippen molar-refractivity contribution in [2.75, 3.05) is 7.11 Å². The molecular weight excluding hydrogens is 284 g/mol. The first kappa shape index (κ1) is 13.8. The van der Waals surface area contributed by atoms with Crippen LogP contribution in [0.5, 0.6) is 5.75 Å². The molecule has 0 amide bonds. The second-order valence-corrected chi connectivity index (χ2v) is 5.78. The van der Waals surface area contributed by atoms with Crippen LogP contribution >= 0.6 is 11.5 Å². The van der Waals surface area contributed by atoms with E-state index in [4.69, 9.17) is 4.74 Å².